The molecule has 0 fully saturated rings. The molecule has 0 spiro atoms. The highest BCUT2D eigenvalue weighted by atomic mass is 14.1. The first kappa shape index (κ1) is 11.7. The van der Waals surface area contributed by atoms with Crippen LogP contribution >= 0.6 is 0 Å². The minimum atomic E-state index is 0.991. The number of rotatable bonds is 2. The zero-order valence-electron chi connectivity index (χ0n) is 10.8. The van der Waals surface area contributed by atoms with Crippen LogP contribution in [0.4, 0.5) is 0 Å². The molecule has 0 N–H and O–H groups in total. The summed E-state index contributed by atoms with van der Waals surface area (Å²) in [5.41, 5.74) is 5.21. The topological polar surface area (TPSA) is 0 Å². The van der Waals surface area contributed by atoms with E-state index in [1.807, 2.05) is 0 Å². The number of hydrogen-bond donors (Lipinski definition) is 0. The molecule has 0 aromatic heterocycles. The lowest BCUT2D eigenvalue weighted by Crippen LogP contribution is -1.85. The lowest BCUT2D eigenvalue weighted by molar-refractivity contribution is 1.40. The second kappa shape index (κ2) is 5.53. The van der Waals surface area contributed by atoms with E-state index >= 15 is 0 Å². The van der Waals surface area contributed by atoms with Crippen molar-refractivity contribution in [2.75, 3.05) is 0 Å². The molecular formula is C19H16. The molecule has 1 aliphatic rings. The van der Waals surface area contributed by atoms with Gasteiger partial charge in [0.05, 0.1) is 0 Å². The zero-order chi connectivity index (χ0) is 12.9. The number of allylic oxidation sites excluding steroid dienone is 6. The summed E-state index contributed by atoms with van der Waals surface area (Å²) < 4.78 is 0. The van der Waals surface area contributed by atoms with Crippen LogP contribution in [0.5, 0.6) is 0 Å². The van der Waals surface area contributed by atoms with Crippen molar-refractivity contribution in [1.29, 1.82) is 0 Å². The van der Waals surface area contributed by atoms with E-state index in [0.717, 1.165) is 6.42 Å². The second-order valence-corrected chi connectivity index (χ2v) is 4.66. The van der Waals surface area contributed by atoms with Gasteiger partial charge in [0.25, 0.3) is 0 Å². The molecule has 0 radical (unpaired) electrons. The molecule has 0 heteroatoms. The van der Waals surface area contributed by atoms with Gasteiger partial charge in [0, 0.05) is 0 Å². The summed E-state index contributed by atoms with van der Waals surface area (Å²) in [5.74, 6) is 0. The second-order valence-electron chi connectivity index (χ2n) is 4.66. The van der Waals surface area contributed by atoms with Gasteiger partial charge in [0.1, 0.15) is 0 Å². The first-order valence-electron chi connectivity index (χ1n) is 6.62. The summed E-state index contributed by atoms with van der Waals surface area (Å²) in [6, 6.07) is 19.3. The summed E-state index contributed by atoms with van der Waals surface area (Å²) >= 11 is 0. The zero-order valence-corrected chi connectivity index (χ0v) is 10.8. The van der Waals surface area contributed by atoms with Gasteiger partial charge in [-0.2, -0.15) is 0 Å². The molecule has 92 valence electrons. The normalized spacial score (nSPS) is 14.0. The van der Waals surface area contributed by atoms with Gasteiger partial charge in [-0.15, -0.1) is 0 Å². The van der Waals surface area contributed by atoms with Gasteiger partial charge in [-0.1, -0.05) is 78.9 Å². The van der Waals surface area contributed by atoms with Crippen LogP contribution in [0.15, 0.2) is 85.0 Å². The molecule has 1 aliphatic carbocycles. The van der Waals surface area contributed by atoms with Crippen molar-refractivity contribution in [3.05, 3.63) is 90.5 Å². The van der Waals surface area contributed by atoms with E-state index in [0.29, 0.717) is 0 Å². The molecule has 0 nitrogen and oxygen atoms in total. The van der Waals surface area contributed by atoms with E-state index in [9.17, 15) is 0 Å². The van der Waals surface area contributed by atoms with Crippen LogP contribution in [0.1, 0.15) is 12.0 Å². The Labute approximate surface area is 114 Å². The molecule has 0 amide bonds. The highest BCUT2D eigenvalue weighted by Crippen LogP contribution is 2.26. The predicted molar refractivity (Wildman–Crippen MR) is 82.8 cm³/mol. The van der Waals surface area contributed by atoms with Crippen molar-refractivity contribution in [3.8, 4) is 11.1 Å². The largest absolute Gasteiger partial charge is 0.0801 e. The number of hydrogen-bond acceptors (Lipinski definition) is 0. The number of benzene rings is 2. The van der Waals surface area contributed by atoms with E-state index in [1.165, 1.54) is 22.3 Å². The molecule has 0 heterocycles. The summed E-state index contributed by atoms with van der Waals surface area (Å²) in [5, 5.41) is 0. The third kappa shape index (κ3) is 2.74. The van der Waals surface area contributed by atoms with Gasteiger partial charge in [-0.25, -0.2) is 0 Å². The van der Waals surface area contributed by atoms with Gasteiger partial charge < -0.3 is 0 Å². The Morgan fingerprint density at radius 2 is 1.42 bits per heavy atom. The van der Waals surface area contributed by atoms with E-state index in [1.54, 1.807) is 0 Å². The molecular weight excluding hydrogens is 228 g/mol. The lowest BCUT2D eigenvalue weighted by atomic mass is 9.97. The lowest BCUT2D eigenvalue weighted by Gasteiger charge is -2.07. The molecule has 0 unspecified atom stereocenters. The van der Waals surface area contributed by atoms with E-state index in [2.05, 4.69) is 85.0 Å². The van der Waals surface area contributed by atoms with E-state index in [-0.39, 0.29) is 0 Å². The minimum absolute atomic E-state index is 0.991. The Balaban J connectivity index is 1.99. The molecule has 0 atom stereocenters. The Kier molecular flexibility index (Phi) is 3.42. The van der Waals surface area contributed by atoms with Crippen LogP contribution in [-0.2, 0) is 0 Å². The van der Waals surface area contributed by atoms with Crippen molar-refractivity contribution < 1.29 is 0 Å². The summed E-state index contributed by atoms with van der Waals surface area (Å²) in [6.45, 7) is 0. The first-order chi connectivity index (χ1) is 9.43. The Morgan fingerprint density at radius 1 is 0.632 bits per heavy atom. The fourth-order valence-corrected chi connectivity index (χ4v) is 2.32. The Hall–Kier alpha value is -2.34. The highest BCUT2D eigenvalue weighted by Gasteiger charge is 2.03. The third-order valence-electron chi connectivity index (χ3n) is 3.33. The van der Waals surface area contributed by atoms with Crippen molar-refractivity contribution >= 4 is 5.57 Å². The average Bonchev–Trinajstić information content (AvgIpc) is 2.77. The monoisotopic (exact) mass is 244 g/mol. The molecule has 0 saturated heterocycles. The van der Waals surface area contributed by atoms with Gasteiger partial charge in [-0.05, 0) is 34.8 Å². The van der Waals surface area contributed by atoms with Crippen LogP contribution < -0.4 is 0 Å². The molecule has 2 aromatic rings. The maximum Gasteiger partial charge on any atom is -0.00884 e. The van der Waals surface area contributed by atoms with Crippen molar-refractivity contribution in [2.24, 2.45) is 0 Å². The quantitative estimate of drug-likeness (QED) is 0.676. The summed E-state index contributed by atoms with van der Waals surface area (Å²) in [4.78, 5) is 0. The predicted octanol–water partition coefficient (Wildman–Crippen LogP) is 5.25. The minimum Gasteiger partial charge on any atom is -0.0801 e. The van der Waals surface area contributed by atoms with Gasteiger partial charge in [0.2, 0.25) is 0 Å². The van der Waals surface area contributed by atoms with Crippen molar-refractivity contribution in [3.63, 3.8) is 0 Å². The SMILES string of the molecule is C1=CC=C(c2cccc(-c3ccccc3)c2)CC=C1. The van der Waals surface area contributed by atoms with Crippen LogP contribution in [0.3, 0.4) is 0 Å². The fourth-order valence-electron chi connectivity index (χ4n) is 2.32. The molecule has 3 rings (SSSR count). The van der Waals surface area contributed by atoms with Crippen molar-refractivity contribution in [2.45, 2.75) is 6.42 Å². The standard InChI is InChI=1S/C19H16/c1-2-5-10-16(9-4-1)18-13-8-14-19(15-18)17-11-6-3-7-12-17/h1-9,11-15H,10H2. The van der Waals surface area contributed by atoms with Crippen LogP contribution in [0.25, 0.3) is 16.7 Å². The van der Waals surface area contributed by atoms with E-state index < -0.39 is 0 Å². The molecule has 0 bridgehead atoms. The van der Waals surface area contributed by atoms with Crippen LogP contribution in [0.2, 0.25) is 0 Å². The third-order valence-corrected chi connectivity index (χ3v) is 3.33. The van der Waals surface area contributed by atoms with E-state index in [4.69, 9.17) is 0 Å². The van der Waals surface area contributed by atoms with Gasteiger partial charge in [-0.3, -0.25) is 0 Å². The van der Waals surface area contributed by atoms with Gasteiger partial charge in [0.15, 0.2) is 0 Å². The Bertz CT molecular complexity index is 643. The molecule has 0 saturated carbocycles. The summed E-state index contributed by atoms with van der Waals surface area (Å²) in [6.07, 6.45) is 11.7. The van der Waals surface area contributed by atoms with Gasteiger partial charge >= 0.3 is 0 Å². The maximum atomic E-state index is 2.27. The molecule has 19 heavy (non-hydrogen) atoms. The first-order valence-corrected chi connectivity index (χ1v) is 6.62. The van der Waals surface area contributed by atoms with Crippen LogP contribution in [0, 0.1) is 0 Å². The van der Waals surface area contributed by atoms with Crippen molar-refractivity contribution in [1.82, 2.24) is 0 Å². The maximum absolute atomic E-state index is 2.27. The molecule has 0 aliphatic heterocycles. The fraction of sp³-hybridized carbons (Fsp3) is 0.0526. The molecule has 2 aromatic carbocycles. The smallest absolute Gasteiger partial charge is 0.00884 e. The van der Waals surface area contributed by atoms with Crippen LogP contribution in [-0.4, -0.2) is 0 Å². The Morgan fingerprint density at radius 3 is 2.32 bits per heavy atom. The highest BCUT2D eigenvalue weighted by molar-refractivity contribution is 5.74. The summed E-state index contributed by atoms with van der Waals surface area (Å²) in [7, 11) is 0. The average molecular weight is 244 g/mol.